The first-order valence-corrected chi connectivity index (χ1v) is 16.5. The Balaban J connectivity index is 1.20. The molecule has 0 fully saturated rings. The molecule has 3 aromatic heterocycles. The van der Waals surface area contributed by atoms with Crippen LogP contribution in [-0.4, -0.2) is 9.55 Å². The van der Waals surface area contributed by atoms with Crippen molar-refractivity contribution in [2.75, 3.05) is 4.90 Å². The van der Waals surface area contributed by atoms with E-state index in [0.717, 1.165) is 61.0 Å². The predicted octanol–water partition coefficient (Wildman–Crippen LogP) is 12.4. The highest BCUT2D eigenvalue weighted by atomic mass is 16.3. The van der Waals surface area contributed by atoms with E-state index in [9.17, 15) is 0 Å². The first kappa shape index (κ1) is 27.5. The highest BCUT2D eigenvalue weighted by molar-refractivity contribution is 6.12. The van der Waals surface area contributed by atoms with Crippen LogP contribution in [0.15, 0.2) is 181 Å². The number of nitrogens with zero attached hydrogens (tertiary/aromatic N) is 3. The molecule has 0 saturated heterocycles. The maximum Gasteiger partial charge on any atom is 0.136 e. The third-order valence-corrected chi connectivity index (χ3v) is 9.63. The average Bonchev–Trinajstić information content (AvgIpc) is 3.69. The zero-order valence-corrected chi connectivity index (χ0v) is 26.5. The molecule has 10 aromatic rings. The second-order valence-corrected chi connectivity index (χ2v) is 12.5. The van der Waals surface area contributed by atoms with E-state index in [0.29, 0.717) is 0 Å². The summed E-state index contributed by atoms with van der Waals surface area (Å²) in [5.74, 6) is 0. The predicted molar refractivity (Wildman–Crippen MR) is 203 cm³/mol. The van der Waals surface area contributed by atoms with E-state index in [2.05, 4.69) is 172 Å². The number of aromatic nitrogens is 2. The van der Waals surface area contributed by atoms with Crippen LogP contribution < -0.4 is 4.90 Å². The molecule has 0 atom stereocenters. The summed E-state index contributed by atoms with van der Waals surface area (Å²) in [6.07, 6.45) is 3.74. The number of rotatable bonds is 5. The van der Waals surface area contributed by atoms with Crippen LogP contribution in [0, 0.1) is 0 Å². The molecule has 0 radical (unpaired) electrons. The molecule has 7 aromatic carbocycles. The SMILES string of the molecule is c1ccc(-c2ccc(N(c3ccc4oc5cc6ccncc6cc5c4c3)c3ccc4c5ccccc5n(-c5ccccc5)c4c3)cc2)cc1. The van der Waals surface area contributed by atoms with E-state index in [1.54, 1.807) is 0 Å². The summed E-state index contributed by atoms with van der Waals surface area (Å²) in [5.41, 5.74) is 10.8. The quantitative estimate of drug-likeness (QED) is 0.190. The topological polar surface area (TPSA) is 34.2 Å². The van der Waals surface area contributed by atoms with Crippen LogP contribution >= 0.6 is 0 Å². The molecule has 0 bridgehead atoms. The van der Waals surface area contributed by atoms with Gasteiger partial charge < -0.3 is 13.9 Å². The van der Waals surface area contributed by atoms with Gasteiger partial charge in [0, 0.05) is 62.1 Å². The van der Waals surface area contributed by atoms with Gasteiger partial charge in [-0.25, -0.2) is 0 Å². The van der Waals surface area contributed by atoms with Crippen LogP contribution in [0.5, 0.6) is 0 Å². The highest BCUT2D eigenvalue weighted by Crippen LogP contribution is 2.42. The summed E-state index contributed by atoms with van der Waals surface area (Å²) < 4.78 is 8.76. The summed E-state index contributed by atoms with van der Waals surface area (Å²) in [4.78, 5) is 6.72. The Morgan fingerprint density at radius 1 is 0.449 bits per heavy atom. The third kappa shape index (κ3) is 4.49. The second-order valence-electron chi connectivity index (χ2n) is 12.5. The first-order chi connectivity index (χ1) is 24.3. The van der Waals surface area contributed by atoms with Gasteiger partial charge in [0.15, 0.2) is 0 Å². The monoisotopic (exact) mass is 627 g/mol. The number of hydrogen-bond donors (Lipinski definition) is 0. The Morgan fingerprint density at radius 3 is 1.98 bits per heavy atom. The number of anilines is 3. The number of benzene rings is 7. The summed E-state index contributed by atoms with van der Waals surface area (Å²) in [6.45, 7) is 0. The van der Waals surface area contributed by atoms with Gasteiger partial charge in [0.2, 0.25) is 0 Å². The minimum atomic E-state index is 0.862. The Hall–Kier alpha value is -6.65. The van der Waals surface area contributed by atoms with Crippen LogP contribution in [0.25, 0.3) is 71.3 Å². The van der Waals surface area contributed by atoms with Crippen molar-refractivity contribution in [2.45, 2.75) is 0 Å². The molecule has 0 aliphatic carbocycles. The Bertz CT molecular complexity index is 2820. The lowest BCUT2D eigenvalue weighted by molar-refractivity contribution is 0.669. The standard InChI is InChI=1S/C45H29N3O/c1-3-9-30(10-4-1)31-15-17-35(18-16-31)47(36-20-22-44-41(27-36)40-25-33-29-46-24-23-32(33)26-45(40)49-44)37-19-21-39-38-13-7-8-14-42(38)48(43(39)28-37)34-11-5-2-6-12-34/h1-29H. The van der Waals surface area contributed by atoms with Gasteiger partial charge in [-0.2, -0.15) is 0 Å². The molecule has 10 rings (SSSR count). The van der Waals surface area contributed by atoms with Crippen molar-refractivity contribution in [3.63, 3.8) is 0 Å². The van der Waals surface area contributed by atoms with Crippen molar-refractivity contribution in [2.24, 2.45) is 0 Å². The van der Waals surface area contributed by atoms with Crippen LogP contribution in [0.2, 0.25) is 0 Å². The van der Waals surface area contributed by atoms with Crippen molar-refractivity contribution in [3.05, 3.63) is 176 Å². The van der Waals surface area contributed by atoms with Gasteiger partial charge in [-0.05, 0) is 95.4 Å². The molecule has 0 aliphatic rings. The minimum Gasteiger partial charge on any atom is -0.456 e. The summed E-state index contributed by atoms with van der Waals surface area (Å²) in [5, 5.41) is 6.82. The molecule has 0 spiro atoms. The maximum atomic E-state index is 6.39. The summed E-state index contributed by atoms with van der Waals surface area (Å²) >= 11 is 0. The molecule has 0 aliphatic heterocycles. The molecule has 4 nitrogen and oxygen atoms in total. The fourth-order valence-electron chi connectivity index (χ4n) is 7.32. The second kappa shape index (κ2) is 11.0. The van der Waals surface area contributed by atoms with Crippen LogP contribution in [0.4, 0.5) is 17.1 Å². The van der Waals surface area contributed by atoms with Gasteiger partial charge >= 0.3 is 0 Å². The molecule has 0 unspecified atom stereocenters. The molecule has 0 saturated carbocycles. The molecule has 0 amide bonds. The summed E-state index contributed by atoms with van der Waals surface area (Å²) in [7, 11) is 0. The van der Waals surface area contributed by atoms with E-state index in [4.69, 9.17) is 4.42 Å². The lowest BCUT2D eigenvalue weighted by Gasteiger charge is -2.26. The van der Waals surface area contributed by atoms with E-state index in [1.165, 1.54) is 27.4 Å². The van der Waals surface area contributed by atoms with Crippen molar-refractivity contribution >= 4 is 71.6 Å². The van der Waals surface area contributed by atoms with Crippen LogP contribution in [0.3, 0.4) is 0 Å². The van der Waals surface area contributed by atoms with Crippen LogP contribution in [0.1, 0.15) is 0 Å². The molecule has 49 heavy (non-hydrogen) atoms. The average molecular weight is 628 g/mol. The van der Waals surface area contributed by atoms with E-state index >= 15 is 0 Å². The van der Waals surface area contributed by atoms with Gasteiger partial charge in [0.25, 0.3) is 0 Å². The zero-order chi connectivity index (χ0) is 32.3. The van der Waals surface area contributed by atoms with Crippen molar-refractivity contribution in [1.82, 2.24) is 9.55 Å². The van der Waals surface area contributed by atoms with E-state index < -0.39 is 0 Å². The lowest BCUT2D eigenvalue weighted by Crippen LogP contribution is -2.10. The van der Waals surface area contributed by atoms with Crippen LogP contribution in [-0.2, 0) is 0 Å². The molecule has 0 N–H and O–H groups in total. The maximum absolute atomic E-state index is 6.39. The van der Waals surface area contributed by atoms with Gasteiger partial charge in [0.1, 0.15) is 11.2 Å². The van der Waals surface area contributed by atoms with Crippen molar-refractivity contribution in [3.8, 4) is 16.8 Å². The Labute approximate surface area is 282 Å². The Kier molecular flexibility index (Phi) is 6.15. The van der Waals surface area contributed by atoms with Gasteiger partial charge in [-0.15, -0.1) is 0 Å². The zero-order valence-electron chi connectivity index (χ0n) is 26.5. The Morgan fingerprint density at radius 2 is 1.12 bits per heavy atom. The lowest BCUT2D eigenvalue weighted by atomic mass is 10.0. The fraction of sp³-hybridized carbons (Fsp3) is 0. The first-order valence-electron chi connectivity index (χ1n) is 16.5. The number of pyridine rings is 1. The smallest absolute Gasteiger partial charge is 0.136 e. The van der Waals surface area contributed by atoms with Crippen molar-refractivity contribution < 1.29 is 4.42 Å². The number of hydrogen-bond acceptors (Lipinski definition) is 3. The molecular weight excluding hydrogens is 599 g/mol. The highest BCUT2D eigenvalue weighted by Gasteiger charge is 2.19. The normalized spacial score (nSPS) is 11.7. The fourth-order valence-corrected chi connectivity index (χ4v) is 7.32. The van der Waals surface area contributed by atoms with E-state index in [1.807, 2.05) is 18.5 Å². The van der Waals surface area contributed by atoms with Gasteiger partial charge in [0.05, 0.1) is 11.0 Å². The molecule has 230 valence electrons. The largest absolute Gasteiger partial charge is 0.456 e. The molecular formula is C45H29N3O. The summed E-state index contributed by atoms with van der Waals surface area (Å²) in [6, 6.07) is 58.3. The van der Waals surface area contributed by atoms with Crippen molar-refractivity contribution in [1.29, 1.82) is 0 Å². The molecule has 4 heteroatoms. The minimum absolute atomic E-state index is 0.862. The third-order valence-electron chi connectivity index (χ3n) is 9.63. The number of fused-ring (bicyclic) bond motifs is 7. The van der Waals surface area contributed by atoms with Gasteiger partial charge in [-0.3, -0.25) is 4.98 Å². The number of para-hydroxylation sites is 2. The molecule has 3 heterocycles. The number of furan rings is 1. The van der Waals surface area contributed by atoms with E-state index in [-0.39, 0.29) is 0 Å². The van der Waals surface area contributed by atoms with Gasteiger partial charge in [-0.1, -0.05) is 84.9 Å².